The standard InChI is InChI=1S/C9H5BrClNO2/c1-14-9(13)5-2-6(4-12)8(11)7(10)3-5/h2-3H,1H3. The second kappa shape index (κ2) is 4.45. The zero-order valence-corrected chi connectivity index (χ0v) is 9.52. The van der Waals surface area contributed by atoms with Gasteiger partial charge in [0.1, 0.15) is 6.07 Å². The first kappa shape index (κ1) is 11.0. The van der Waals surface area contributed by atoms with Gasteiger partial charge in [0.15, 0.2) is 0 Å². The van der Waals surface area contributed by atoms with Gasteiger partial charge < -0.3 is 4.74 Å². The quantitative estimate of drug-likeness (QED) is 0.740. The van der Waals surface area contributed by atoms with Gasteiger partial charge in [-0.25, -0.2) is 4.79 Å². The van der Waals surface area contributed by atoms with Crippen LogP contribution in [0.25, 0.3) is 0 Å². The summed E-state index contributed by atoms with van der Waals surface area (Å²) in [5.74, 6) is -0.501. The number of hydrogen-bond acceptors (Lipinski definition) is 3. The number of ether oxygens (including phenoxy) is 1. The molecule has 0 aromatic heterocycles. The molecule has 0 radical (unpaired) electrons. The second-order valence-electron chi connectivity index (χ2n) is 2.42. The summed E-state index contributed by atoms with van der Waals surface area (Å²) in [4.78, 5) is 11.1. The van der Waals surface area contributed by atoms with Crippen LogP contribution in [0, 0.1) is 11.3 Å². The van der Waals surface area contributed by atoms with Crippen molar-refractivity contribution in [1.82, 2.24) is 0 Å². The maximum Gasteiger partial charge on any atom is 0.337 e. The number of methoxy groups -OCH3 is 1. The summed E-state index contributed by atoms with van der Waals surface area (Å²) in [6, 6.07) is 4.78. The number of hydrogen-bond donors (Lipinski definition) is 0. The minimum Gasteiger partial charge on any atom is -0.465 e. The highest BCUT2D eigenvalue weighted by Gasteiger charge is 2.12. The molecule has 0 spiro atoms. The van der Waals surface area contributed by atoms with Crippen LogP contribution in [0.15, 0.2) is 16.6 Å². The molecule has 0 saturated heterocycles. The molecule has 0 bridgehead atoms. The second-order valence-corrected chi connectivity index (χ2v) is 3.66. The van der Waals surface area contributed by atoms with E-state index in [0.717, 1.165) is 0 Å². The van der Waals surface area contributed by atoms with Crippen LogP contribution in [-0.4, -0.2) is 13.1 Å². The highest BCUT2D eigenvalue weighted by molar-refractivity contribution is 9.10. The van der Waals surface area contributed by atoms with E-state index < -0.39 is 5.97 Å². The third-order valence-corrected chi connectivity index (χ3v) is 2.83. The van der Waals surface area contributed by atoms with Crippen molar-refractivity contribution in [3.05, 3.63) is 32.8 Å². The van der Waals surface area contributed by atoms with Gasteiger partial charge in [-0.15, -0.1) is 0 Å². The Bertz CT molecular complexity index is 426. The van der Waals surface area contributed by atoms with Crippen LogP contribution in [-0.2, 0) is 4.74 Å². The van der Waals surface area contributed by atoms with Crippen LogP contribution in [0.4, 0.5) is 0 Å². The third-order valence-electron chi connectivity index (χ3n) is 1.57. The Balaban J connectivity index is 3.32. The molecule has 14 heavy (non-hydrogen) atoms. The predicted molar refractivity (Wildman–Crippen MR) is 55.2 cm³/mol. The minimum atomic E-state index is -0.501. The molecular weight excluding hydrogens is 269 g/mol. The zero-order valence-electron chi connectivity index (χ0n) is 7.17. The van der Waals surface area contributed by atoms with Crippen LogP contribution in [0.1, 0.15) is 15.9 Å². The van der Waals surface area contributed by atoms with Gasteiger partial charge >= 0.3 is 5.97 Å². The molecule has 0 N–H and O–H groups in total. The predicted octanol–water partition coefficient (Wildman–Crippen LogP) is 2.76. The lowest BCUT2D eigenvalue weighted by Crippen LogP contribution is -2.01. The third kappa shape index (κ3) is 2.06. The van der Waals surface area contributed by atoms with Crippen molar-refractivity contribution in [3.8, 4) is 6.07 Å². The molecule has 1 aromatic carbocycles. The Morgan fingerprint density at radius 2 is 2.29 bits per heavy atom. The molecular formula is C9H5BrClNO2. The highest BCUT2D eigenvalue weighted by Crippen LogP contribution is 2.27. The maximum atomic E-state index is 11.1. The summed E-state index contributed by atoms with van der Waals surface area (Å²) in [6.45, 7) is 0. The number of esters is 1. The number of rotatable bonds is 1. The van der Waals surface area contributed by atoms with E-state index >= 15 is 0 Å². The maximum absolute atomic E-state index is 11.1. The van der Waals surface area contributed by atoms with E-state index in [9.17, 15) is 4.79 Å². The molecule has 0 aliphatic carbocycles. The minimum absolute atomic E-state index is 0.237. The van der Waals surface area contributed by atoms with Crippen LogP contribution >= 0.6 is 27.5 Å². The monoisotopic (exact) mass is 273 g/mol. The number of carbonyl (C=O) groups is 1. The van der Waals surface area contributed by atoms with Crippen LogP contribution in [0.3, 0.4) is 0 Å². The van der Waals surface area contributed by atoms with Gasteiger partial charge in [-0.05, 0) is 28.1 Å². The first-order valence-electron chi connectivity index (χ1n) is 3.57. The fourth-order valence-electron chi connectivity index (χ4n) is 0.906. The molecule has 0 unspecified atom stereocenters. The zero-order chi connectivity index (χ0) is 10.7. The number of halogens is 2. The lowest BCUT2D eigenvalue weighted by molar-refractivity contribution is 0.0600. The van der Waals surface area contributed by atoms with Crippen molar-refractivity contribution in [2.45, 2.75) is 0 Å². The van der Waals surface area contributed by atoms with E-state index in [1.807, 2.05) is 6.07 Å². The van der Waals surface area contributed by atoms with Gasteiger partial charge in [0, 0.05) is 4.47 Å². The average molecular weight is 275 g/mol. The summed E-state index contributed by atoms with van der Waals surface area (Å²) < 4.78 is 5.02. The molecule has 72 valence electrons. The summed E-state index contributed by atoms with van der Waals surface area (Å²) in [5, 5.41) is 9.01. The summed E-state index contributed by atoms with van der Waals surface area (Å²) in [6.07, 6.45) is 0. The average Bonchev–Trinajstić information content (AvgIpc) is 2.20. The van der Waals surface area contributed by atoms with E-state index in [1.165, 1.54) is 19.2 Å². The Kier molecular flexibility index (Phi) is 3.50. The highest BCUT2D eigenvalue weighted by atomic mass is 79.9. The van der Waals surface area contributed by atoms with Gasteiger partial charge in [-0.1, -0.05) is 11.6 Å². The molecule has 1 aromatic rings. The molecule has 0 fully saturated rings. The molecule has 0 heterocycles. The van der Waals surface area contributed by atoms with Crippen molar-refractivity contribution in [2.75, 3.05) is 7.11 Å². The fraction of sp³-hybridized carbons (Fsp3) is 0.111. The molecule has 0 aliphatic heterocycles. The number of carbonyl (C=O) groups excluding carboxylic acids is 1. The molecule has 0 aliphatic rings. The Morgan fingerprint density at radius 1 is 1.64 bits per heavy atom. The normalized spacial score (nSPS) is 9.29. The molecule has 3 nitrogen and oxygen atoms in total. The molecule has 5 heteroatoms. The van der Waals surface area contributed by atoms with Gasteiger partial charge in [0.25, 0.3) is 0 Å². The largest absolute Gasteiger partial charge is 0.465 e. The van der Waals surface area contributed by atoms with E-state index in [-0.39, 0.29) is 5.56 Å². The summed E-state index contributed by atoms with van der Waals surface area (Å²) >= 11 is 8.94. The fourth-order valence-corrected chi connectivity index (χ4v) is 1.52. The Hall–Kier alpha value is -1.05. The van der Waals surface area contributed by atoms with Crippen molar-refractivity contribution in [2.24, 2.45) is 0 Å². The molecule has 0 amide bonds. The first-order valence-corrected chi connectivity index (χ1v) is 4.74. The first-order chi connectivity index (χ1) is 6.60. The van der Waals surface area contributed by atoms with Gasteiger partial charge in [-0.3, -0.25) is 0 Å². The van der Waals surface area contributed by atoms with Gasteiger partial charge in [-0.2, -0.15) is 5.26 Å². The Morgan fingerprint density at radius 3 is 2.79 bits per heavy atom. The summed E-state index contributed by atoms with van der Waals surface area (Å²) in [5.41, 5.74) is 0.529. The van der Waals surface area contributed by atoms with Crippen molar-refractivity contribution in [3.63, 3.8) is 0 Å². The molecule has 1 rings (SSSR count). The van der Waals surface area contributed by atoms with Crippen LogP contribution < -0.4 is 0 Å². The SMILES string of the molecule is COC(=O)c1cc(Br)c(Cl)c(C#N)c1. The van der Waals surface area contributed by atoms with Crippen LogP contribution in [0.5, 0.6) is 0 Å². The lowest BCUT2D eigenvalue weighted by atomic mass is 10.1. The van der Waals surface area contributed by atoms with E-state index in [4.69, 9.17) is 16.9 Å². The van der Waals surface area contributed by atoms with Crippen molar-refractivity contribution >= 4 is 33.5 Å². The van der Waals surface area contributed by atoms with E-state index in [2.05, 4.69) is 20.7 Å². The van der Waals surface area contributed by atoms with Crippen molar-refractivity contribution in [1.29, 1.82) is 5.26 Å². The number of nitrogens with zero attached hydrogens (tertiary/aromatic N) is 1. The lowest BCUT2D eigenvalue weighted by Gasteiger charge is -2.03. The molecule has 0 atom stereocenters. The topological polar surface area (TPSA) is 50.1 Å². The molecule has 0 saturated carbocycles. The van der Waals surface area contributed by atoms with Crippen molar-refractivity contribution < 1.29 is 9.53 Å². The van der Waals surface area contributed by atoms with Crippen LogP contribution in [0.2, 0.25) is 5.02 Å². The van der Waals surface area contributed by atoms with E-state index in [1.54, 1.807) is 0 Å². The number of nitriles is 1. The Labute approximate surface area is 94.4 Å². The van der Waals surface area contributed by atoms with Gasteiger partial charge in [0.2, 0.25) is 0 Å². The summed E-state index contributed by atoms with van der Waals surface area (Å²) in [7, 11) is 1.27. The number of benzene rings is 1. The van der Waals surface area contributed by atoms with Gasteiger partial charge in [0.05, 0.1) is 23.3 Å². The smallest absolute Gasteiger partial charge is 0.337 e. The van der Waals surface area contributed by atoms with E-state index in [0.29, 0.717) is 15.1 Å².